The highest BCUT2D eigenvalue weighted by atomic mass is 35.5. The minimum Gasteiger partial charge on any atom is -0.312 e. The Morgan fingerprint density at radius 3 is 2.80 bits per heavy atom. The van der Waals surface area contributed by atoms with Crippen LogP contribution in [0.1, 0.15) is 29.5 Å². The molecule has 3 rings (SSSR count). The number of hydrogen-bond donors (Lipinski definition) is 1. The fourth-order valence-electron chi connectivity index (χ4n) is 2.42. The minimum absolute atomic E-state index is 0. The molecule has 0 aromatic heterocycles. The lowest BCUT2D eigenvalue weighted by Crippen LogP contribution is -2.33. The van der Waals surface area contributed by atoms with E-state index < -0.39 is 0 Å². The lowest BCUT2D eigenvalue weighted by atomic mass is 9.87. The van der Waals surface area contributed by atoms with Crippen molar-refractivity contribution < 1.29 is 0 Å². The first-order valence-electron chi connectivity index (χ1n) is 5.08. The number of halogens is 1. The third kappa shape index (κ3) is 1.52. The third-order valence-corrected chi connectivity index (χ3v) is 3.44. The van der Waals surface area contributed by atoms with Gasteiger partial charge in [0.25, 0.3) is 0 Å². The Balaban J connectivity index is 0.000000853. The molecule has 1 N–H and O–H groups in total. The van der Waals surface area contributed by atoms with E-state index in [1.54, 1.807) is 0 Å². The van der Waals surface area contributed by atoms with Crippen LogP contribution in [0.5, 0.6) is 0 Å². The molecule has 0 radical (unpaired) electrons. The highest BCUT2D eigenvalue weighted by molar-refractivity contribution is 5.85. The van der Waals surface area contributed by atoms with E-state index in [1.807, 2.05) is 6.07 Å². The Bertz CT molecular complexity index is 430. The smallest absolute Gasteiger partial charge is 0.0991 e. The zero-order valence-electron chi connectivity index (χ0n) is 8.42. The van der Waals surface area contributed by atoms with E-state index in [2.05, 4.69) is 23.5 Å². The monoisotopic (exact) mass is 220 g/mol. The first-order chi connectivity index (χ1) is 6.84. The van der Waals surface area contributed by atoms with Crippen LogP contribution in [0.25, 0.3) is 0 Å². The summed E-state index contributed by atoms with van der Waals surface area (Å²) in [5, 5.41) is 12.3. The van der Waals surface area contributed by atoms with Gasteiger partial charge in [0.1, 0.15) is 0 Å². The average Bonchev–Trinajstić information content (AvgIpc) is 2.99. The molecule has 15 heavy (non-hydrogen) atoms. The van der Waals surface area contributed by atoms with Gasteiger partial charge in [0, 0.05) is 18.5 Å². The van der Waals surface area contributed by atoms with Crippen molar-refractivity contribution in [3.05, 3.63) is 34.9 Å². The highest BCUT2D eigenvalue weighted by Crippen LogP contribution is 2.50. The normalized spacial score (nSPS) is 19.9. The number of rotatable bonds is 0. The Labute approximate surface area is 95.7 Å². The molecule has 0 amide bonds. The molecule has 1 aromatic carbocycles. The summed E-state index contributed by atoms with van der Waals surface area (Å²) < 4.78 is 0. The molecular formula is C12H13ClN2. The van der Waals surface area contributed by atoms with Crippen LogP contribution in [-0.4, -0.2) is 6.54 Å². The molecule has 1 aliphatic carbocycles. The largest absolute Gasteiger partial charge is 0.312 e. The molecule has 3 heteroatoms. The Kier molecular flexibility index (Phi) is 2.46. The van der Waals surface area contributed by atoms with E-state index in [0.717, 1.165) is 18.7 Å². The summed E-state index contributed by atoms with van der Waals surface area (Å²) in [5.41, 5.74) is 4.00. The first kappa shape index (κ1) is 10.5. The number of nitrogens with one attached hydrogen (secondary N) is 1. The summed E-state index contributed by atoms with van der Waals surface area (Å²) >= 11 is 0. The van der Waals surface area contributed by atoms with Gasteiger partial charge in [0.05, 0.1) is 11.6 Å². The van der Waals surface area contributed by atoms with Gasteiger partial charge in [-0.1, -0.05) is 6.07 Å². The zero-order chi connectivity index (χ0) is 9.60. The van der Waals surface area contributed by atoms with Gasteiger partial charge in [-0.05, 0) is 36.1 Å². The van der Waals surface area contributed by atoms with Crippen molar-refractivity contribution in [1.29, 1.82) is 5.26 Å². The molecule has 1 aromatic rings. The fraction of sp³-hybridized carbons (Fsp3) is 0.417. The van der Waals surface area contributed by atoms with Crippen molar-refractivity contribution in [2.45, 2.75) is 24.8 Å². The second-order valence-corrected chi connectivity index (χ2v) is 4.37. The van der Waals surface area contributed by atoms with Crippen molar-refractivity contribution in [2.75, 3.05) is 6.54 Å². The van der Waals surface area contributed by atoms with Crippen LogP contribution in [0.4, 0.5) is 0 Å². The van der Waals surface area contributed by atoms with E-state index in [0.29, 0.717) is 5.41 Å². The van der Waals surface area contributed by atoms with Crippen LogP contribution in [0, 0.1) is 11.3 Å². The third-order valence-electron chi connectivity index (χ3n) is 3.44. The van der Waals surface area contributed by atoms with Gasteiger partial charge >= 0.3 is 0 Å². The molecular weight excluding hydrogens is 208 g/mol. The van der Waals surface area contributed by atoms with Gasteiger partial charge in [-0.25, -0.2) is 0 Å². The van der Waals surface area contributed by atoms with Crippen LogP contribution >= 0.6 is 12.4 Å². The predicted molar refractivity (Wildman–Crippen MR) is 61.0 cm³/mol. The molecule has 2 nitrogen and oxygen atoms in total. The van der Waals surface area contributed by atoms with Crippen LogP contribution in [-0.2, 0) is 12.0 Å². The van der Waals surface area contributed by atoms with Gasteiger partial charge in [0.2, 0.25) is 0 Å². The minimum atomic E-state index is 0. The Hall–Kier alpha value is -1.04. The molecule has 1 aliphatic heterocycles. The van der Waals surface area contributed by atoms with E-state index >= 15 is 0 Å². The summed E-state index contributed by atoms with van der Waals surface area (Å²) in [7, 11) is 0. The van der Waals surface area contributed by atoms with E-state index in [-0.39, 0.29) is 12.4 Å². The van der Waals surface area contributed by atoms with Crippen molar-refractivity contribution in [2.24, 2.45) is 0 Å². The first-order valence-corrected chi connectivity index (χ1v) is 5.08. The van der Waals surface area contributed by atoms with Crippen molar-refractivity contribution in [1.82, 2.24) is 5.32 Å². The van der Waals surface area contributed by atoms with Gasteiger partial charge < -0.3 is 5.32 Å². The summed E-state index contributed by atoms with van der Waals surface area (Å²) in [6.45, 7) is 2.05. The molecule has 0 unspecified atom stereocenters. The Morgan fingerprint density at radius 2 is 2.13 bits per heavy atom. The zero-order valence-corrected chi connectivity index (χ0v) is 9.23. The van der Waals surface area contributed by atoms with E-state index in [9.17, 15) is 0 Å². The SMILES string of the molecule is Cl.N#Cc1ccc2c(c1)C1(CC1)CNC2. The number of benzene rings is 1. The fourth-order valence-corrected chi connectivity index (χ4v) is 2.42. The van der Waals surface area contributed by atoms with Crippen molar-refractivity contribution >= 4 is 12.4 Å². The average molecular weight is 221 g/mol. The number of fused-ring (bicyclic) bond motifs is 2. The summed E-state index contributed by atoms with van der Waals surface area (Å²) in [4.78, 5) is 0. The number of nitrogens with zero attached hydrogens (tertiary/aromatic N) is 1. The summed E-state index contributed by atoms with van der Waals surface area (Å²) in [6, 6.07) is 8.32. The number of hydrogen-bond acceptors (Lipinski definition) is 2. The maximum absolute atomic E-state index is 8.86. The molecule has 1 spiro atoms. The predicted octanol–water partition coefficient (Wildman–Crippen LogP) is 2.11. The van der Waals surface area contributed by atoms with Gasteiger partial charge in [0.15, 0.2) is 0 Å². The van der Waals surface area contributed by atoms with Crippen molar-refractivity contribution in [3.63, 3.8) is 0 Å². The second kappa shape index (κ2) is 3.52. The van der Waals surface area contributed by atoms with E-state index in [4.69, 9.17) is 5.26 Å². The van der Waals surface area contributed by atoms with Crippen LogP contribution < -0.4 is 5.32 Å². The van der Waals surface area contributed by atoms with E-state index in [1.165, 1.54) is 24.0 Å². The lowest BCUT2D eigenvalue weighted by Gasteiger charge is -2.26. The Morgan fingerprint density at radius 1 is 1.33 bits per heavy atom. The molecule has 1 fully saturated rings. The topological polar surface area (TPSA) is 35.8 Å². The quantitative estimate of drug-likeness (QED) is 0.727. The maximum atomic E-state index is 8.86. The number of nitriles is 1. The molecule has 0 saturated heterocycles. The molecule has 2 aliphatic rings. The van der Waals surface area contributed by atoms with Crippen molar-refractivity contribution in [3.8, 4) is 6.07 Å². The molecule has 1 saturated carbocycles. The summed E-state index contributed by atoms with van der Waals surface area (Å²) in [6.07, 6.45) is 2.56. The molecule has 78 valence electrons. The molecule has 0 bridgehead atoms. The summed E-state index contributed by atoms with van der Waals surface area (Å²) in [5.74, 6) is 0. The van der Waals surface area contributed by atoms with Gasteiger partial charge in [-0.2, -0.15) is 5.26 Å². The standard InChI is InChI=1S/C12H12N2.ClH/c13-6-9-1-2-10-7-14-8-12(3-4-12)11(10)5-9;/h1-2,5,14H,3-4,7-8H2;1H. The molecule has 1 heterocycles. The maximum Gasteiger partial charge on any atom is 0.0991 e. The van der Waals surface area contributed by atoms with Crippen LogP contribution in [0.2, 0.25) is 0 Å². The van der Waals surface area contributed by atoms with Crippen LogP contribution in [0.3, 0.4) is 0 Å². The van der Waals surface area contributed by atoms with Crippen LogP contribution in [0.15, 0.2) is 18.2 Å². The van der Waals surface area contributed by atoms with Gasteiger partial charge in [-0.15, -0.1) is 12.4 Å². The molecule has 0 atom stereocenters. The highest BCUT2D eigenvalue weighted by Gasteiger charge is 2.46. The van der Waals surface area contributed by atoms with Gasteiger partial charge in [-0.3, -0.25) is 0 Å². The lowest BCUT2D eigenvalue weighted by molar-refractivity contribution is 0.531. The second-order valence-electron chi connectivity index (χ2n) is 4.37.